The molecule has 0 amide bonds. The van der Waals surface area contributed by atoms with E-state index in [1.54, 1.807) is 17.0 Å². The van der Waals surface area contributed by atoms with E-state index in [2.05, 4.69) is 0 Å². The monoisotopic (exact) mass is 306 g/mol. The summed E-state index contributed by atoms with van der Waals surface area (Å²) in [4.78, 5) is 14.1. The average Bonchev–Trinajstić information content (AvgIpc) is 3.31. The maximum absolute atomic E-state index is 12.5. The highest BCUT2D eigenvalue weighted by atomic mass is 16.6. The minimum atomic E-state index is -2.15. The predicted molar refractivity (Wildman–Crippen MR) is 79.4 cm³/mol. The molecule has 5 nitrogen and oxygen atoms in total. The summed E-state index contributed by atoms with van der Waals surface area (Å²) in [7, 11) is 0. The molecular formula is C17H21NO4. The second-order valence-corrected chi connectivity index (χ2v) is 6.28. The van der Waals surface area contributed by atoms with Crippen molar-refractivity contribution >= 4 is 5.97 Å². The standard InChI is InChI=1S/C17H21NO4/c1-18-13-7-11(8-14(18)16-15(13)22-16)21-17(20)12(9-19)10-5-3-2-4-6-10/h2-6,11-16,19H,7-9H2,1H3/t11?,12-,13-,14+,15-,16+/m1/s1/i1D3. The number of benzene rings is 1. The summed E-state index contributed by atoms with van der Waals surface area (Å²) < 4.78 is 34.4. The molecule has 1 N–H and O–H groups in total. The Morgan fingerprint density at radius 2 is 2.09 bits per heavy atom. The highest BCUT2D eigenvalue weighted by molar-refractivity contribution is 5.78. The first-order valence-corrected chi connectivity index (χ1v) is 7.70. The van der Waals surface area contributed by atoms with Gasteiger partial charge in [0, 0.05) is 29.0 Å². The first kappa shape index (κ1) is 11.2. The molecule has 0 radical (unpaired) electrons. The fourth-order valence-electron chi connectivity index (χ4n) is 3.79. The number of carbonyl (C=O) groups excluding carboxylic acids is 1. The van der Waals surface area contributed by atoms with E-state index in [9.17, 15) is 9.90 Å². The van der Waals surface area contributed by atoms with Crippen LogP contribution in [0, 0.1) is 0 Å². The Labute approximate surface area is 134 Å². The lowest BCUT2D eigenvalue weighted by Gasteiger charge is -2.38. The molecule has 4 rings (SSSR count). The summed E-state index contributed by atoms with van der Waals surface area (Å²) >= 11 is 0. The normalized spacial score (nSPS) is 40.0. The minimum Gasteiger partial charge on any atom is -0.462 e. The lowest BCUT2D eigenvalue weighted by Crippen LogP contribution is -2.48. The van der Waals surface area contributed by atoms with Gasteiger partial charge in [0.15, 0.2) is 0 Å². The van der Waals surface area contributed by atoms with Crippen molar-refractivity contribution in [2.75, 3.05) is 13.6 Å². The molecular weight excluding hydrogens is 282 g/mol. The molecule has 1 unspecified atom stereocenters. The van der Waals surface area contributed by atoms with Crippen molar-refractivity contribution < 1.29 is 23.5 Å². The third-order valence-electron chi connectivity index (χ3n) is 5.00. The zero-order valence-electron chi connectivity index (χ0n) is 15.1. The van der Waals surface area contributed by atoms with Gasteiger partial charge < -0.3 is 14.6 Å². The predicted octanol–water partition coefficient (Wildman–Crippen LogP) is 0.918. The topological polar surface area (TPSA) is 62.3 Å². The molecule has 3 heterocycles. The Hall–Kier alpha value is -1.43. The Kier molecular flexibility index (Phi) is 2.71. The molecule has 6 atom stereocenters. The molecule has 3 aliphatic heterocycles. The van der Waals surface area contributed by atoms with Gasteiger partial charge in [0.2, 0.25) is 0 Å². The molecule has 118 valence electrons. The molecule has 22 heavy (non-hydrogen) atoms. The van der Waals surface area contributed by atoms with Crippen molar-refractivity contribution in [3.63, 3.8) is 0 Å². The number of rotatable bonds is 4. The number of epoxide rings is 1. The van der Waals surface area contributed by atoms with Crippen LogP contribution in [0.2, 0.25) is 0 Å². The van der Waals surface area contributed by atoms with Gasteiger partial charge in [0.25, 0.3) is 0 Å². The SMILES string of the molecule is [2H]C([2H])([2H])N1[C@@H]2CC(OC(=O)[C@H](CO)c3ccccc3)C[C@H]1[C@@H]1O[C@@H]12. The fourth-order valence-corrected chi connectivity index (χ4v) is 3.79. The van der Waals surface area contributed by atoms with Crippen LogP contribution in [-0.2, 0) is 14.3 Å². The van der Waals surface area contributed by atoms with Crippen molar-refractivity contribution in [1.29, 1.82) is 0 Å². The van der Waals surface area contributed by atoms with E-state index in [1.165, 1.54) is 0 Å². The maximum Gasteiger partial charge on any atom is 0.316 e. The van der Waals surface area contributed by atoms with Gasteiger partial charge in [-0.3, -0.25) is 9.69 Å². The van der Waals surface area contributed by atoms with Crippen LogP contribution >= 0.6 is 0 Å². The van der Waals surface area contributed by atoms with Crippen LogP contribution in [0.1, 0.15) is 28.4 Å². The number of ether oxygens (including phenoxy) is 2. The third kappa shape index (κ3) is 2.24. The number of aliphatic hydroxyl groups excluding tert-OH is 1. The number of carbonyl (C=O) groups is 1. The van der Waals surface area contributed by atoms with Gasteiger partial charge in [0.1, 0.15) is 24.2 Å². The van der Waals surface area contributed by atoms with Gasteiger partial charge in [-0.25, -0.2) is 0 Å². The number of morpholine rings is 1. The lowest BCUT2D eigenvalue weighted by molar-refractivity contribution is -0.156. The van der Waals surface area contributed by atoms with Gasteiger partial charge in [-0.2, -0.15) is 0 Å². The van der Waals surface area contributed by atoms with Crippen molar-refractivity contribution in [3.8, 4) is 0 Å². The molecule has 5 heteroatoms. The quantitative estimate of drug-likeness (QED) is 0.662. The first-order valence-electron chi connectivity index (χ1n) is 9.20. The van der Waals surface area contributed by atoms with Crippen molar-refractivity contribution in [2.45, 2.75) is 49.2 Å². The second-order valence-electron chi connectivity index (χ2n) is 6.28. The van der Waals surface area contributed by atoms with Crippen LogP contribution in [0.4, 0.5) is 0 Å². The first-order chi connectivity index (χ1) is 11.9. The molecule has 0 aliphatic carbocycles. The summed E-state index contributed by atoms with van der Waals surface area (Å²) in [5, 5.41) is 9.59. The third-order valence-corrected chi connectivity index (χ3v) is 5.00. The lowest BCUT2D eigenvalue weighted by atomic mass is 9.97. The van der Waals surface area contributed by atoms with Gasteiger partial charge >= 0.3 is 5.97 Å². The molecule has 0 aromatic heterocycles. The number of hydrogen-bond acceptors (Lipinski definition) is 5. The van der Waals surface area contributed by atoms with Crippen LogP contribution in [0.15, 0.2) is 30.3 Å². The Balaban J connectivity index is 1.44. The number of piperidine rings is 1. The van der Waals surface area contributed by atoms with Crippen molar-refractivity contribution in [1.82, 2.24) is 4.90 Å². The molecule has 1 aromatic rings. The van der Waals surface area contributed by atoms with Crippen molar-refractivity contribution in [2.24, 2.45) is 0 Å². The van der Waals surface area contributed by atoms with Crippen LogP contribution < -0.4 is 0 Å². The minimum absolute atomic E-state index is 0.0584. The van der Waals surface area contributed by atoms with Gasteiger partial charge in [-0.15, -0.1) is 0 Å². The summed E-state index contributed by atoms with van der Waals surface area (Å²) in [5.41, 5.74) is 0.712. The van der Waals surface area contributed by atoms with E-state index < -0.39 is 18.9 Å². The fraction of sp³-hybridized carbons (Fsp3) is 0.588. The molecule has 3 saturated heterocycles. The largest absolute Gasteiger partial charge is 0.462 e. The van der Waals surface area contributed by atoms with Crippen molar-refractivity contribution in [3.05, 3.63) is 35.9 Å². The number of hydrogen-bond donors (Lipinski definition) is 1. The Morgan fingerprint density at radius 3 is 2.68 bits per heavy atom. The number of likely N-dealkylation sites (N-methyl/N-ethyl adjacent to an activating group) is 1. The second kappa shape index (κ2) is 5.33. The molecule has 3 fully saturated rings. The maximum atomic E-state index is 12.5. The molecule has 2 bridgehead atoms. The van der Waals surface area contributed by atoms with E-state index in [1.807, 2.05) is 18.2 Å². The van der Waals surface area contributed by atoms with E-state index >= 15 is 0 Å². The van der Waals surface area contributed by atoms with Crippen LogP contribution in [0.25, 0.3) is 0 Å². The Bertz CT molecular complexity index is 635. The number of fused-ring (bicyclic) bond motifs is 5. The summed E-state index contributed by atoms with van der Waals surface area (Å²) in [6.45, 7) is -2.48. The molecule has 0 spiro atoms. The Morgan fingerprint density at radius 1 is 1.41 bits per heavy atom. The van der Waals surface area contributed by atoms with E-state index in [0.29, 0.717) is 18.4 Å². The van der Waals surface area contributed by atoms with E-state index in [-0.39, 0.29) is 37.0 Å². The average molecular weight is 306 g/mol. The summed E-state index contributed by atoms with van der Waals surface area (Å²) in [5.74, 6) is -1.18. The zero-order chi connectivity index (χ0) is 17.8. The number of esters is 1. The molecule has 1 aromatic carbocycles. The number of nitrogens with zero attached hydrogens (tertiary/aromatic N) is 1. The van der Waals surface area contributed by atoms with Gasteiger partial charge in [-0.05, 0) is 12.5 Å². The highest BCUT2D eigenvalue weighted by Gasteiger charge is 2.62. The van der Waals surface area contributed by atoms with Crippen LogP contribution in [-0.4, -0.2) is 60.0 Å². The molecule has 0 saturated carbocycles. The van der Waals surface area contributed by atoms with E-state index in [4.69, 9.17) is 13.6 Å². The molecule has 3 aliphatic rings. The van der Waals surface area contributed by atoms with Gasteiger partial charge in [-0.1, -0.05) is 30.3 Å². The summed E-state index contributed by atoms with van der Waals surface area (Å²) in [6.07, 6.45) is 0.452. The van der Waals surface area contributed by atoms with Crippen LogP contribution in [0.3, 0.4) is 0 Å². The number of aliphatic hydroxyl groups is 1. The zero-order valence-corrected chi connectivity index (χ0v) is 12.1. The van der Waals surface area contributed by atoms with Gasteiger partial charge in [0.05, 0.1) is 6.61 Å². The highest BCUT2D eigenvalue weighted by Crippen LogP contribution is 2.48. The van der Waals surface area contributed by atoms with Crippen LogP contribution in [0.5, 0.6) is 0 Å². The summed E-state index contributed by atoms with van der Waals surface area (Å²) in [6, 6.07) is 8.56. The smallest absolute Gasteiger partial charge is 0.316 e. The van der Waals surface area contributed by atoms with E-state index in [0.717, 1.165) is 0 Å².